The molecular weight excluding hydrogens is 398 g/mol. The van der Waals surface area contributed by atoms with Crippen LogP contribution in [0.4, 0.5) is 11.4 Å². The third kappa shape index (κ3) is 3.93. The van der Waals surface area contributed by atoms with Crippen molar-refractivity contribution in [3.05, 3.63) is 69.8 Å². The number of hydrogen-bond donors (Lipinski definition) is 0. The first-order chi connectivity index (χ1) is 14.8. The second-order valence-corrected chi connectivity index (χ2v) is 8.28. The van der Waals surface area contributed by atoms with E-state index in [1.807, 2.05) is 12.1 Å². The minimum absolute atomic E-state index is 0.0695. The van der Waals surface area contributed by atoms with E-state index in [9.17, 15) is 24.5 Å². The molecule has 1 aliphatic carbocycles. The fourth-order valence-corrected chi connectivity index (χ4v) is 3.90. The van der Waals surface area contributed by atoms with Gasteiger partial charge in [-0.2, -0.15) is 0 Å². The third-order valence-electron chi connectivity index (χ3n) is 5.78. The zero-order chi connectivity index (χ0) is 22.3. The highest BCUT2D eigenvalue weighted by Crippen LogP contribution is 2.35. The van der Waals surface area contributed by atoms with Gasteiger partial charge in [-0.05, 0) is 48.6 Å². The fraction of sp³-hybridized carbons (Fsp3) is 0.348. The Kier molecular flexibility index (Phi) is 5.31. The maximum absolute atomic E-state index is 13.2. The summed E-state index contributed by atoms with van der Waals surface area (Å²) in [4.78, 5) is 52.1. The van der Waals surface area contributed by atoms with Crippen molar-refractivity contribution in [3.8, 4) is 0 Å². The highest BCUT2D eigenvalue weighted by molar-refractivity contribution is 6.23. The molecule has 1 saturated carbocycles. The summed E-state index contributed by atoms with van der Waals surface area (Å²) < 4.78 is 0. The topological polar surface area (TPSA) is 101 Å². The number of nitro groups is 1. The number of nitrogens with zero attached hydrogens (tertiary/aromatic N) is 3. The van der Waals surface area contributed by atoms with Crippen LogP contribution >= 0.6 is 0 Å². The van der Waals surface area contributed by atoms with Crippen LogP contribution in [0.2, 0.25) is 0 Å². The molecule has 0 spiro atoms. The molecule has 1 aliphatic heterocycles. The number of non-ortho nitro benzene ring substituents is 1. The van der Waals surface area contributed by atoms with Crippen molar-refractivity contribution < 1.29 is 19.3 Å². The number of rotatable bonds is 6. The highest BCUT2D eigenvalue weighted by Gasteiger charge is 2.48. The second-order valence-electron chi connectivity index (χ2n) is 8.28. The maximum atomic E-state index is 13.2. The molecule has 4 rings (SSSR count). The van der Waals surface area contributed by atoms with Gasteiger partial charge in [-0.25, -0.2) is 4.90 Å². The summed E-state index contributed by atoms with van der Waals surface area (Å²) in [6.45, 7) is 4.13. The Morgan fingerprint density at radius 2 is 1.68 bits per heavy atom. The normalized spacial score (nSPS) is 18.5. The Labute approximate surface area is 179 Å². The van der Waals surface area contributed by atoms with Crippen molar-refractivity contribution in [2.75, 3.05) is 4.90 Å². The average molecular weight is 421 g/mol. The first-order valence-electron chi connectivity index (χ1n) is 10.3. The summed E-state index contributed by atoms with van der Waals surface area (Å²) in [6.07, 6.45) is 1.46. The number of hydrogen-bond acceptors (Lipinski definition) is 5. The summed E-state index contributed by atoms with van der Waals surface area (Å²) in [5.41, 5.74) is 1.75. The molecule has 3 amide bonds. The van der Waals surface area contributed by atoms with E-state index in [4.69, 9.17) is 0 Å². The maximum Gasteiger partial charge on any atom is 0.269 e. The lowest BCUT2D eigenvalue weighted by Crippen LogP contribution is -2.46. The predicted molar refractivity (Wildman–Crippen MR) is 114 cm³/mol. The van der Waals surface area contributed by atoms with Crippen molar-refractivity contribution in [3.63, 3.8) is 0 Å². The Bertz CT molecular complexity index is 1040. The van der Waals surface area contributed by atoms with Crippen LogP contribution in [0, 0.1) is 10.1 Å². The lowest BCUT2D eigenvalue weighted by Gasteiger charge is -2.27. The molecule has 1 atom stereocenters. The van der Waals surface area contributed by atoms with Gasteiger partial charge in [-0.1, -0.05) is 26.0 Å². The number of carbonyl (C=O) groups is 3. The third-order valence-corrected chi connectivity index (χ3v) is 5.78. The van der Waals surface area contributed by atoms with Gasteiger partial charge < -0.3 is 4.90 Å². The first-order valence-corrected chi connectivity index (χ1v) is 10.3. The van der Waals surface area contributed by atoms with E-state index >= 15 is 0 Å². The zero-order valence-electron chi connectivity index (χ0n) is 17.4. The van der Waals surface area contributed by atoms with Crippen molar-refractivity contribution in [1.82, 2.24) is 4.90 Å². The van der Waals surface area contributed by atoms with Crippen LogP contribution in [0.25, 0.3) is 0 Å². The van der Waals surface area contributed by atoms with E-state index in [0.29, 0.717) is 11.6 Å². The summed E-state index contributed by atoms with van der Waals surface area (Å²) >= 11 is 0. The number of nitro benzene ring substituents is 1. The van der Waals surface area contributed by atoms with Crippen LogP contribution in [0.5, 0.6) is 0 Å². The molecule has 0 aromatic heterocycles. The van der Waals surface area contributed by atoms with Crippen LogP contribution in [0.1, 0.15) is 54.9 Å². The molecular formula is C23H23N3O5. The van der Waals surface area contributed by atoms with Gasteiger partial charge in [-0.15, -0.1) is 0 Å². The minimum Gasteiger partial charge on any atom is -0.323 e. The standard InChI is InChI=1S/C23H23N3O5/c1-14(2)15-3-7-18(8-4-15)25-21(27)13-20(23(25)29)24(17-11-12-17)22(28)16-5-9-19(10-6-16)26(30)31/h3-10,14,17,20H,11-13H2,1-2H3. The van der Waals surface area contributed by atoms with Crippen molar-refractivity contribution in [2.45, 2.75) is 51.1 Å². The van der Waals surface area contributed by atoms with E-state index in [1.165, 1.54) is 29.2 Å². The fourth-order valence-electron chi connectivity index (χ4n) is 3.90. The minimum atomic E-state index is -0.868. The molecule has 2 aliphatic rings. The van der Waals surface area contributed by atoms with E-state index < -0.39 is 16.9 Å². The lowest BCUT2D eigenvalue weighted by molar-refractivity contribution is -0.384. The zero-order valence-corrected chi connectivity index (χ0v) is 17.4. The van der Waals surface area contributed by atoms with Crippen LogP contribution in [0.15, 0.2) is 48.5 Å². The van der Waals surface area contributed by atoms with Gasteiger partial charge in [0.15, 0.2) is 0 Å². The van der Waals surface area contributed by atoms with Crippen LogP contribution < -0.4 is 4.90 Å². The molecule has 1 saturated heterocycles. The van der Waals surface area contributed by atoms with Gasteiger partial charge in [0.1, 0.15) is 6.04 Å². The van der Waals surface area contributed by atoms with Gasteiger partial charge in [0.2, 0.25) is 5.91 Å². The summed E-state index contributed by atoms with van der Waals surface area (Å²) in [5, 5.41) is 10.9. The van der Waals surface area contributed by atoms with Crippen molar-refractivity contribution in [1.29, 1.82) is 0 Å². The number of benzene rings is 2. The number of imide groups is 1. The van der Waals surface area contributed by atoms with E-state index in [1.54, 1.807) is 12.1 Å². The average Bonchev–Trinajstić information content (AvgIpc) is 3.54. The Balaban J connectivity index is 1.59. The molecule has 1 unspecified atom stereocenters. The molecule has 160 valence electrons. The molecule has 2 aromatic rings. The number of anilines is 1. The molecule has 0 N–H and O–H groups in total. The quantitative estimate of drug-likeness (QED) is 0.403. The molecule has 2 aromatic carbocycles. The van der Waals surface area contributed by atoms with E-state index in [2.05, 4.69) is 13.8 Å². The SMILES string of the molecule is CC(C)c1ccc(N2C(=O)CC(N(C(=O)c3ccc([N+](=O)[O-])cc3)C3CC3)C2=O)cc1. The molecule has 0 bridgehead atoms. The molecule has 31 heavy (non-hydrogen) atoms. The highest BCUT2D eigenvalue weighted by atomic mass is 16.6. The molecule has 8 heteroatoms. The smallest absolute Gasteiger partial charge is 0.269 e. The van der Waals surface area contributed by atoms with Crippen molar-refractivity contribution >= 4 is 29.1 Å². The van der Waals surface area contributed by atoms with Crippen LogP contribution in [-0.2, 0) is 9.59 Å². The second kappa shape index (κ2) is 7.94. The summed E-state index contributed by atoms with van der Waals surface area (Å²) in [7, 11) is 0. The number of amides is 3. The summed E-state index contributed by atoms with van der Waals surface area (Å²) in [5.74, 6) is -0.809. The van der Waals surface area contributed by atoms with E-state index in [0.717, 1.165) is 23.3 Å². The predicted octanol–water partition coefficient (Wildman–Crippen LogP) is 3.65. The van der Waals surface area contributed by atoms with E-state index in [-0.39, 0.29) is 35.5 Å². The van der Waals surface area contributed by atoms with Gasteiger partial charge in [0, 0.05) is 23.7 Å². The van der Waals surface area contributed by atoms with Gasteiger partial charge in [-0.3, -0.25) is 24.5 Å². The van der Waals surface area contributed by atoms with Gasteiger partial charge in [0.25, 0.3) is 17.5 Å². The van der Waals surface area contributed by atoms with Gasteiger partial charge in [0.05, 0.1) is 17.0 Å². The Hall–Kier alpha value is -3.55. The number of carbonyl (C=O) groups excluding carboxylic acids is 3. The van der Waals surface area contributed by atoms with Gasteiger partial charge >= 0.3 is 0 Å². The molecule has 8 nitrogen and oxygen atoms in total. The lowest BCUT2D eigenvalue weighted by atomic mass is 10.0. The van der Waals surface area contributed by atoms with Crippen LogP contribution in [0.3, 0.4) is 0 Å². The Morgan fingerprint density at radius 3 is 2.19 bits per heavy atom. The largest absolute Gasteiger partial charge is 0.323 e. The summed E-state index contributed by atoms with van der Waals surface area (Å²) in [6, 6.07) is 11.6. The molecule has 1 heterocycles. The molecule has 0 radical (unpaired) electrons. The monoisotopic (exact) mass is 421 g/mol. The Morgan fingerprint density at radius 1 is 1.06 bits per heavy atom. The van der Waals surface area contributed by atoms with Crippen molar-refractivity contribution in [2.24, 2.45) is 0 Å². The first kappa shape index (κ1) is 20.7. The van der Waals surface area contributed by atoms with Crippen LogP contribution in [-0.4, -0.2) is 39.6 Å². The molecule has 2 fully saturated rings.